The predicted octanol–water partition coefficient (Wildman–Crippen LogP) is 4.66. The van der Waals surface area contributed by atoms with Gasteiger partial charge in [0.15, 0.2) is 0 Å². The molecule has 0 atom stereocenters. The lowest BCUT2D eigenvalue weighted by molar-refractivity contribution is -0.384. The summed E-state index contributed by atoms with van der Waals surface area (Å²) in [6.45, 7) is 0. The van der Waals surface area contributed by atoms with Gasteiger partial charge in [0.1, 0.15) is 5.02 Å². The second kappa shape index (κ2) is 7.20. The Balaban J connectivity index is 2.12. The van der Waals surface area contributed by atoms with Crippen LogP contribution < -0.4 is 5.32 Å². The Morgan fingerprint density at radius 1 is 1.27 bits per heavy atom. The zero-order chi connectivity index (χ0) is 16.1. The summed E-state index contributed by atoms with van der Waals surface area (Å²) in [5.74, 6) is -0.343. The van der Waals surface area contributed by atoms with E-state index in [2.05, 4.69) is 21.2 Å². The van der Waals surface area contributed by atoms with Crippen molar-refractivity contribution in [2.45, 2.75) is 0 Å². The van der Waals surface area contributed by atoms with Crippen LogP contribution in [0.5, 0.6) is 0 Å². The van der Waals surface area contributed by atoms with Gasteiger partial charge in [0.25, 0.3) is 5.69 Å². The standard InChI is InChI=1S/C15H10BrClN2O3/c16-11-3-1-2-4-13(11)18-15(20)8-6-10-5-7-12(17)14(9-10)19(21)22/h1-9H,(H,18,20). The van der Waals surface area contributed by atoms with Crippen LogP contribution in [-0.2, 0) is 4.79 Å². The lowest BCUT2D eigenvalue weighted by Gasteiger charge is -2.04. The van der Waals surface area contributed by atoms with Gasteiger partial charge in [-0.2, -0.15) is 0 Å². The number of para-hydroxylation sites is 1. The minimum Gasteiger partial charge on any atom is -0.321 e. The summed E-state index contributed by atoms with van der Waals surface area (Å²) in [6, 6.07) is 11.5. The quantitative estimate of drug-likeness (QED) is 0.475. The van der Waals surface area contributed by atoms with Gasteiger partial charge in [0, 0.05) is 16.6 Å². The van der Waals surface area contributed by atoms with Crippen molar-refractivity contribution >= 4 is 50.9 Å². The fourth-order valence-corrected chi connectivity index (χ4v) is 2.25. The molecule has 0 aliphatic rings. The van der Waals surface area contributed by atoms with E-state index in [9.17, 15) is 14.9 Å². The molecule has 0 aliphatic carbocycles. The molecular formula is C15H10BrClN2O3. The molecule has 0 aromatic heterocycles. The molecule has 1 N–H and O–H groups in total. The molecule has 22 heavy (non-hydrogen) atoms. The van der Waals surface area contributed by atoms with Gasteiger partial charge in [0.05, 0.1) is 10.6 Å². The molecule has 2 rings (SSSR count). The van der Waals surface area contributed by atoms with Crippen LogP contribution in [0.25, 0.3) is 6.08 Å². The van der Waals surface area contributed by atoms with Crippen LogP contribution in [0.4, 0.5) is 11.4 Å². The van der Waals surface area contributed by atoms with Crippen molar-refractivity contribution in [1.82, 2.24) is 0 Å². The summed E-state index contributed by atoms with van der Waals surface area (Å²) < 4.78 is 0.763. The summed E-state index contributed by atoms with van der Waals surface area (Å²) in [5, 5.41) is 13.6. The van der Waals surface area contributed by atoms with Crippen molar-refractivity contribution < 1.29 is 9.72 Å². The summed E-state index contributed by atoms with van der Waals surface area (Å²) in [5.41, 5.74) is 0.952. The number of nitro groups is 1. The molecular weight excluding hydrogens is 372 g/mol. The highest BCUT2D eigenvalue weighted by Gasteiger charge is 2.11. The Hall–Kier alpha value is -2.18. The second-order valence-electron chi connectivity index (χ2n) is 4.27. The lowest BCUT2D eigenvalue weighted by atomic mass is 10.2. The Morgan fingerprint density at radius 2 is 2.00 bits per heavy atom. The number of carbonyl (C=O) groups is 1. The van der Waals surface area contributed by atoms with Gasteiger partial charge in [-0.3, -0.25) is 14.9 Å². The number of hydrogen-bond acceptors (Lipinski definition) is 3. The average Bonchev–Trinajstić information content (AvgIpc) is 2.48. The average molecular weight is 382 g/mol. The maximum absolute atomic E-state index is 11.8. The Kier molecular flexibility index (Phi) is 5.30. The summed E-state index contributed by atoms with van der Waals surface area (Å²) in [4.78, 5) is 22.1. The number of carbonyl (C=O) groups excluding carboxylic acids is 1. The zero-order valence-corrected chi connectivity index (χ0v) is 13.5. The number of anilines is 1. The van der Waals surface area contributed by atoms with E-state index in [0.717, 1.165) is 4.47 Å². The Bertz CT molecular complexity index is 762. The maximum Gasteiger partial charge on any atom is 0.288 e. The number of amides is 1. The third-order valence-corrected chi connectivity index (χ3v) is 3.74. The molecule has 0 heterocycles. The first-order valence-electron chi connectivity index (χ1n) is 6.15. The molecule has 5 nitrogen and oxygen atoms in total. The molecule has 0 bridgehead atoms. The maximum atomic E-state index is 11.8. The highest BCUT2D eigenvalue weighted by Crippen LogP contribution is 2.25. The predicted molar refractivity (Wildman–Crippen MR) is 89.9 cm³/mol. The number of nitrogens with one attached hydrogen (secondary N) is 1. The molecule has 0 unspecified atom stereocenters. The Morgan fingerprint density at radius 3 is 2.68 bits per heavy atom. The summed E-state index contributed by atoms with van der Waals surface area (Å²) in [6.07, 6.45) is 2.78. The molecule has 0 spiro atoms. The molecule has 2 aromatic carbocycles. The van der Waals surface area contributed by atoms with Crippen molar-refractivity contribution in [3.63, 3.8) is 0 Å². The fourth-order valence-electron chi connectivity index (χ4n) is 1.68. The number of nitro benzene ring substituents is 1. The van der Waals surface area contributed by atoms with E-state index in [1.807, 2.05) is 12.1 Å². The van der Waals surface area contributed by atoms with Crippen LogP contribution in [0, 0.1) is 10.1 Å². The van der Waals surface area contributed by atoms with Gasteiger partial charge in [0.2, 0.25) is 5.91 Å². The molecule has 2 aromatic rings. The molecule has 0 saturated carbocycles. The van der Waals surface area contributed by atoms with Gasteiger partial charge >= 0.3 is 0 Å². The molecule has 0 fully saturated rings. The van der Waals surface area contributed by atoms with Crippen molar-refractivity contribution in [1.29, 1.82) is 0 Å². The second-order valence-corrected chi connectivity index (χ2v) is 5.53. The van der Waals surface area contributed by atoms with E-state index in [-0.39, 0.29) is 16.6 Å². The smallest absolute Gasteiger partial charge is 0.288 e. The number of nitrogens with zero attached hydrogens (tertiary/aromatic N) is 1. The first kappa shape index (κ1) is 16.2. The third-order valence-electron chi connectivity index (χ3n) is 2.73. The van der Waals surface area contributed by atoms with E-state index in [0.29, 0.717) is 11.3 Å². The van der Waals surface area contributed by atoms with E-state index in [1.165, 1.54) is 24.3 Å². The number of benzene rings is 2. The highest BCUT2D eigenvalue weighted by atomic mass is 79.9. The molecule has 7 heteroatoms. The van der Waals surface area contributed by atoms with Crippen LogP contribution >= 0.6 is 27.5 Å². The largest absolute Gasteiger partial charge is 0.321 e. The van der Waals surface area contributed by atoms with Crippen molar-refractivity contribution in [3.8, 4) is 0 Å². The van der Waals surface area contributed by atoms with Crippen molar-refractivity contribution in [2.75, 3.05) is 5.32 Å². The van der Waals surface area contributed by atoms with Gasteiger partial charge < -0.3 is 5.32 Å². The lowest BCUT2D eigenvalue weighted by Crippen LogP contribution is -2.08. The zero-order valence-electron chi connectivity index (χ0n) is 11.1. The van der Waals surface area contributed by atoms with E-state index < -0.39 is 4.92 Å². The number of halogens is 2. The molecule has 112 valence electrons. The topological polar surface area (TPSA) is 72.2 Å². The van der Waals surface area contributed by atoms with Crippen LogP contribution in [0.2, 0.25) is 5.02 Å². The summed E-state index contributed by atoms with van der Waals surface area (Å²) in [7, 11) is 0. The SMILES string of the molecule is O=C(C=Cc1ccc(Cl)c([N+](=O)[O-])c1)Nc1ccccc1Br. The third kappa shape index (κ3) is 4.16. The minimum absolute atomic E-state index is 0.0554. The van der Waals surface area contributed by atoms with Crippen LogP contribution in [-0.4, -0.2) is 10.8 Å². The van der Waals surface area contributed by atoms with Crippen molar-refractivity contribution in [2.24, 2.45) is 0 Å². The van der Waals surface area contributed by atoms with Gasteiger partial charge in [-0.1, -0.05) is 29.8 Å². The van der Waals surface area contributed by atoms with Crippen LogP contribution in [0.15, 0.2) is 53.0 Å². The van der Waals surface area contributed by atoms with Gasteiger partial charge in [-0.15, -0.1) is 0 Å². The Labute approximate surface area is 139 Å². The number of hydrogen-bond donors (Lipinski definition) is 1. The first-order valence-corrected chi connectivity index (χ1v) is 7.32. The minimum atomic E-state index is -0.569. The highest BCUT2D eigenvalue weighted by molar-refractivity contribution is 9.10. The van der Waals surface area contributed by atoms with E-state index in [4.69, 9.17) is 11.6 Å². The van der Waals surface area contributed by atoms with E-state index >= 15 is 0 Å². The number of rotatable bonds is 4. The van der Waals surface area contributed by atoms with Gasteiger partial charge in [-0.25, -0.2) is 0 Å². The molecule has 1 amide bonds. The van der Waals surface area contributed by atoms with Crippen LogP contribution in [0.3, 0.4) is 0 Å². The van der Waals surface area contributed by atoms with Crippen molar-refractivity contribution in [3.05, 3.63) is 73.7 Å². The normalized spacial score (nSPS) is 10.6. The van der Waals surface area contributed by atoms with Gasteiger partial charge in [-0.05, 0) is 45.8 Å². The molecule has 0 radical (unpaired) electrons. The van der Waals surface area contributed by atoms with E-state index in [1.54, 1.807) is 18.2 Å². The fraction of sp³-hybridized carbons (Fsp3) is 0. The monoisotopic (exact) mass is 380 g/mol. The molecule has 0 aliphatic heterocycles. The van der Waals surface area contributed by atoms with Crippen LogP contribution in [0.1, 0.15) is 5.56 Å². The summed E-state index contributed by atoms with van der Waals surface area (Å²) >= 11 is 9.05. The first-order chi connectivity index (χ1) is 10.5. The molecule has 0 saturated heterocycles.